The van der Waals surface area contributed by atoms with Crippen LogP contribution in [0.25, 0.3) is 0 Å². The maximum atomic E-state index is 13.9. The van der Waals surface area contributed by atoms with Gasteiger partial charge in [-0.3, -0.25) is 13.9 Å². The van der Waals surface area contributed by atoms with E-state index in [-0.39, 0.29) is 17.3 Å². The summed E-state index contributed by atoms with van der Waals surface area (Å²) in [5.41, 5.74) is 1.06. The van der Waals surface area contributed by atoms with E-state index < -0.39 is 28.5 Å². The molecule has 39 heavy (non-hydrogen) atoms. The Hall–Kier alpha value is -4.05. The van der Waals surface area contributed by atoms with Crippen LogP contribution in [0, 0.1) is 0 Å². The second kappa shape index (κ2) is 13.7. The lowest BCUT2D eigenvalue weighted by atomic mass is 10.1. The van der Waals surface area contributed by atoms with E-state index in [0.29, 0.717) is 23.7 Å². The van der Waals surface area contributed by atoms with E-state index in [9.17, 15) is 18.0 Å². The Morgan fingerprint density at radius 2 is 1.44 bits per heavy atom. The minimum atomic E-state index is -4.12. The molecule has 208 valence electrons. The molecule has 0 saturated carbocycles. The van der Waals surface area contributed by atoms with Crippen molar-refractivity contribution >= 4 is 27.5 Å². The Bertz CT molecular complexity index is 1330. The second-order valence-corrected chi connectivity index (χ2v) is 10.7. The van der Waals surface area contributed by atoms with Gasteiger partial charge in [-0.2, -0.15) is 0 Å². The number of hydrogen-bond acceptors (Lipinski definition) is 6. The number of methoxy groups -OCH3 is 2. The summed E-state index contributed by atoms with van der Waals surface area (Å²) in [5.74, 6) is 0.357. The van der Waals surface area contributed by atoms with Gasteiger partial charge in [-0.05, 0) is 67.4 Å². The van der Waals surface area contributed by atoms with Crippen LogP contribution in [0.15, 0.2) is 83.8 Å². The van der Waals surface area contributed by atoms with Crippen molar-refractivity contribution < 1.29 is 27.5 Å². The van der Waals surface area contributed by atoms with Gasteiger partial charge in [0.1, 0.15) is 24.1 Å². The maximum absolute atomic E-state index is 13.9. The summed E-state index contributed by atoms with van der Waals surface area (Å²) >= 11 is 0. The molecule has 0 radical (unpaired) electrons. The minimum absolute atomic E-state index is 0.0454. The summed E-state index contributed by atoms with van der Waals surface area (Å²) in [6, 6.07) is 20.6. The highest BCUT2D eigenvalue weighted by molar-refractivity contribution is 7.92. The van der Waals surface area contributed by atoms with Crippen LogP contribution >= 0.6 is 0 Å². The number of sulfonamides is 1. The van der Waals surface area contributed by atoms with Gasteiger partial charge in [0, 0.05) is 13.1 Å². The van der Waals surface area contributed by atoms with Crippen LogP contribution in [-0.4, -0.2) is 58.5 Å². The largest absolute Gasteiger partial charge is 0.497 e. The van der Waals surface area contributed by atoms with Crippen molar-refractivity contribution in [3.63, 3.8) is 0 Å². The molecule has 3 aromatic rings. The van der Waals surface area contributed by atoms with Gasteiger partial charge in [0.25, 0.3) is 10.0 Å². The Morgan fingerprint density at radius 3 is 1.97 bits per heavy atom. The number of hydrogen-bond donors (Lipinski definition) is 1. The van der Waals surface area contributed by atoms with E-state index in [2.05, 4.69) is 5.32 Å². The third-order valence-corrected chi connectivity index (χ3v) is 7.99. The number of benzene rings is 3. The first kappa shape index (κ1) is 29.5. The summed E-state index contributed by atoms with van der Waals surface area (Å²) in [6.45, 7) is 3.63. The summed E-state index contributed by atoms with van der Waals surface area (Å²) < 4.78 is 39.0. The molecule has 0 heterocycles. The third-order valence-electron chi connectivity index (χ3n) is 6.20. The van der Waals surface area contributed by atoms with Crippen molar-refractivity contribution in [1.82, 2.24) is 10.2 Å². The Labute approximate surface area is 230 Å². The first-order valence-corrected chi connectivity index (χ1v) is 14.1. The predicted molar refractivity (Wildman–Crippen MR) is 150 cm³/mol. The summed E-state index contributed by atoms with van der Waals surface area (Å²) in [4.78, 5) is 28.2. The van der Waals surface area contributed by atoms with Crippen LogP contribution in [-0.2, 0) is 26.2 Å². The van der Waals surface area contributed by atoms with Gasteiger partial charge in [0.15, 0.2) is 0 Å². The van der Waals surface area contributed by atoms with Crippen LogP contribution in [0.4, 0.5) is 5.69 Å². The van der Waals surface area contributed by atoms with E-state index in [4.69, 9.17) is 9.47 Å². The lowest BCUT2D eigenvalue weighted by molar-refractivity contribution is -0.139. The fraction of sp³-hybridized carbons (Fsp3) is 0.310. The molecule has 0 bridgehead atoms. The van der Waals surface area contributed by atoms with Crippen LogP contribution in [0.2, 0.25) is 0 Å². The molecule has 0 aliphatic heterocycles. The topological polar surface area (TPSA) is 105 Å². The number of anilines is 1. The summed E-state index contributed by atoms with van der Waals surface area (Å²) in [7, 11) is -1.04. The van der Waals surface area contributed by atoms with Crippen molar-refractivity contribution in [2.75, 3.05) is 31.6 Å². The minimum Gasteiger partial charge on any atom is -0.497 e. The Kier molecular flexibility index (Phi) is 10.3. The molecule has 10 heteroatoms. The quantitative estimate of drug-likeness (QED) is 0.345. The molecular weight excluding hydrogens is 518 g/mol. The number of ether oxygens (including phenoxy) is 2. The highest BCUT2D eigenvalue weighted by atomic mass is 32.2. The van der Waals surface area contributed by atoms with Gasteiger partial charge < -0.3 is 19.7 Å². The van der Waals surface area contributed by atoms with E-state index in [1.807, 2.05) is 6.92 Å². The molecule has 0 aliphatic rings. The number of amides is 2. The summed E-state index contributed by atoms with van der Waals surface area (Å²) in [5, 5.41) is 2.83. The monoisotopic (exact) mass is 553 g/mol. The van der Waals surface area contributed by atoms with E-state index in [1.54, 1.807) is 80.8 Å². The number of carbonyl (C=O) groups excluding carboxylic acids is 2. The average Bonchev–Trinajstić information content (AvgIpc) is 2.97. The SMILES string of the molecule is CCCNC(=O)C(C)N(Cc1ccc(OC)cc1)C(=O)CN(c1ccc(OC)cc1)S(=O)(=O)c1ccccc1. The van der Waals surface area contributed by atoms with Crippen LogP contribution < -0.4 is 19.1 Å². The van der Waals surface area contributed by atoms with Crippen molar-refractivity contribution in [2.45, 2.75) is 37.8 Å². The van der Waals surface area contributed by atoms with E-state index in [1.165, 1.54) is 24.1 Å². The fourth-order valence-electron chi connectivity index (χ4n) is 3.90. The molecule has 0 spiro atoms. The van der Waals surface area contributed by atoms with Crippen LogP contribution in [0.1, 0.15) is 25.8 Å². The number of carbonyl (C=O) groups is 2. The first-order chi connectivity index (χ1) is 18.7. The third kappa shape index (κ3) is 7.51. The Morgan fingerprint density at radius 1 is 0.872 bits per heavy atom. The molecule has 1 atom stereocenters. The number of nitrogens with one attached hydrogen (secondary N) is 1. The number of nitrogens with zero attached hydrogens (tertiary/aromatic N) is 2. The fourth-order valence-corrected chi connectivity index (χ4v) is 5.34. The predicted octanol–water partition coefficient (Wildman–Crippen LogP) is 3.84. The summed E-state index contributed by atoms with van der Waals surface area (Å²) in [6.07, 6.45) is 0.742. The lowest BCUT2D eigenvalue weighted by Gasteiger charge is -2.32. The molecule has 0 aliphatic carbocycles. The molecular formula is C29H35N3O6S. The standard InChI is InChI=1S/C29H35N3O6S/c1-5-19-30-29(34)22(2)31(20-23-11-15-25(37-3)16-12-23)28(33)21-32(24-13-17-26(38-4)18-14-24)39(35,36)27-9-7-6-8-10-27/h6-18,22H,5,19-21H2,1-4H3,(H,30,34). The number of rotatable bonds is 13. The zero-order valence-corrected chi connectivity index (χ0v) is 23.5. The first-order valence-electron chi connectivity index (χ1n) is 12.6. The molecule has 9 nitrogen and oxygen atoms in total. The molecule has 3 rings (SSSR count). The molecule has 2 amide bonds. The van der Waals surface area contributed by atoms with Crippen molar-refractivity contribution in [2.24, 2.45) is 0 Å². The molecule has 0 saturated heterocycles. The molecule has 1 N–H and O–H groups in total. The van der Waals surface area contributed by atoms with Gasteiger partial charge in [0.05, 0.1) is 24.8 Å². The highest BCUT2D eigenvalue weighted by Crippen LogP contribution is 2.26. The second-order valence-electron chi connectivity index (χ2n) is 8.86. The lowest BCUT2D eigenvalue weighted by Crippen LogP contribution is -2.51. The van der Waals surface area contributed by atoms with Crippen molar-refractivity contribution in [1.29, 1.82) is 0 Å². The molecule has 3 aromatic carbocycles. The smallest absolute Gasteiger partial charge is 0.264 e. The normalized spacial score (nSPS) is 11.8. The van der Waals surface area contributed by atoms with Gasteiger partial charge in [-0.15, -0.1) is 0 Å². The van der Waals surface area contributed by atoms with Crippen LogP contribution in [0.5, 0.6) is 11.5 Å². The molecule has 0 fully saturated rings. The van der Waals surface area contributed by atoms with E-state index >= 15 is 0 Å². The zero-order chi connectivity index (χ0) is 28.4. The Balaban J connectivity index is 2.00. The zero-order valence-electron chi connectivity index (χ0n) is 22.7. The van der Waals surface area contributed by atoms with Gasteiger partial charge >= 0.3 is 0 Å². The van der Waals surface area contributed by atoms with Crippen molar-refractivity contribution in [3.05, 3.63) is 84.4 Å². The molecule has 1 unspecified atom stereocenters. The van der Waals surface area contributed by atoms with Crippen LogP contribution in [0.3, 0.4) is 0 Å². The maximum Gasteiger partial charge on any atom is 0.264 e. The van der Waals surface area contributed by atoms with Gasteiger partial charge in [-0.25, -0.2) is 8.42 Å². The van der Waals surface area contributed by atoms with Gasteiger partial charge in [0.2, 0.25) is 11.8 Å². The molecule has 0 aromatic heterocycles. The van der Waals surface area contributed by atoms with Gasteiger partial charge in [-0.1, -0.05) is 37.3 Å². The highest BCUT2D eigenvalue weighted by Gasteiger charge is 2.32. The van der Waals surface area contributed by atoms with Crippen molar-refractivity contribution in [3.8, 4) is 11.5 Å². The van der Waals surface area contributed by atoms with E-state index in [0.717, 1.165) is 16.3 Å². The average molecular weight is 554 g/mol.